The Hall–Kier alpha value is -0.120. The van der Waals surface area contributed by atoms with Gasteiger partial charge < -0.3 is 10.0 Å². The van der Waals surface area contributed by atoms with Gasteiger partial charge in [-0.15, -0.1) is 0 Å². The predicted molar refractivity (Wildman–Crippen MR) is 71.1 cm³/mol. The summed E-state index contributed by atoms with van der Waals surface area (Å²) in [4.78, 5) is 5.09. The number of hydrogen-bond donors (Lipinski definition) is 1. The van der Waals surface area contributed by atoms with E-state index in [0.717, 1.165) is 25.4 Å². The minimum absolute atomic E-state index is 0.0691. The van der Waals surface area contributed by atoms with Gasteiger partial charge in [-0.1, -0.05) is 26.7 Å². The molecule has 1 saturated carbocycles. The van der Waals surface area contributed by atoms with Gasteiger partial charge in [-0.25, -0.2) is 0 Å². The van der Waals surface area contributed by atoms with Crippen molar-refractivity contribution >= 4 is 0 Å². The highest BCUT2D eigenvalue weighted by atomic mass is 16.3. The van der Waals surface area contributed by atoms with E-state index in [2.05, 4.69) is 23.6 Å². The molecule has 1 aliphatic heterocycles. The average molecular weight is 240 g/mol. The van der Waals surface area contributed by atoms with Gasteiger partial charge in [-0.2, -0.15) is 0 Å². The Bertz CT molecular complexity index is 224. The van der Waals surface area contributed by atoms with Gasteiger partial charge in [-0.3, -0.25) is 4.90 Å². The number of nitrogens with zero attached hydrogens (tertiary/aromatic N) is 2. The Labute approximate surface area is 106 Å². The molecule has 3 nitrogen and oxygen atoms in total. The fourth-order valence-electron chi connectivity index (χ4n) is 3.31. The first kappa shape index (κ1) is 13.3. The Morgan fingerprint density at radius 2 is 1.71 bits per heavy atom. The van der Waals surface area contributed by atoms with Crippen LogP contribution in [-0.4, -0.2) is 59.8 Å². The monoisotopic (exact) mass is 240 g/mol. The zero-order chi connectivity index (χ0) is 12.3. The normalized spacial score (nSPS) is 33.2. The van der Waals surface area contributed by atoms with Crippen molar-refractivity contribution in [2.45, 2.75) is 51.7 Å². The summed E-state index contributed by atoms with van der Waals surface area (Å²) in [7, 11) is 0. The summed E-state index contributed by atoms with van der Waals surface area (Å²) >= 11 is 0. The van der Waals surface area contributed by atoms with Crippen molar-refractivity contribution in [3.05, 3.63) is 0 Å². The molecule has 2 atom stereocenters. The van der Waals surface area contributed by atoms with Gasteiger partial charge in [0, 0.05) is 38.8 Å². The highest BCUT2D eigenvalue weighted by molar-refractivity contribution is 4.86. The van der Waals surface area contributed by atoms with Crippen molar-refractivity contribution in [1.82, 2.24) is 9.80 Å². The maximum Gasteiger partial charge on any atom is 0.0695 e. The second-order valence-electron chi connectivity index (χ2n) is 6.15. The lowest BCUT2D eigenvalue weighted by Gasteiger charge is -2.43. The molecule has 0 unspecified atom stereocenters. The van der Waals surface area contributed by atoms with Gasteiger partial charge in [0.2, 0.25) is 0 Å². The number of hydrogen-bond acceptors (Lipinski definition) is 3. The van der Waals surface area contributed by atoms with Crippen LogP contribution in [0.3, 0.4) is 0 Å². The molecule has 1 aliphatic carbocycles. The second kappa shape index (κ2) is 6.17. The highest BCUT2D eigenvalue weighted by Gasteiger charge is 2.30. The molecule has 3 heteroatoms. The van der Waals surface area contributed by atoms with Gasteiger partial charge in [0.25, 0.3) is 0 Å². The molecule has 0 aromatic heterocycles. The van der Waals surface area contributed by atoms with E-state index in [1.165, 1.54) is 38.9 Å². The van der Waals surface area contributed by atoms with Gasteiger partial charge in [0.15, 0.2) is 0 Å². The van der Waals surface area contributed by atoms with Crippen LogP contribution in [0.2, 0.25) is 0 Å². The SMILES string of the molecule is CC(C)CN1CCN([C@H]2CCCC[C@@H]2O)CC1. The fourth-order valence-corrected chi connectivity index (χ4v) is 3.31. The third kappa shape index (κ3) is 3.67. The standard InChI is InChI=1S/C14H28N2O/c1-12(2)11-15-7-9-16(10-8-15)13-5-3-4-6-14(13)17/h12-14,17H,3-11H2,1-2H3/t13-,14-/m0/s1. The molecule has 1 saturated heterocycles. The first-order valence-corrected chi connectivity index (χ1v) is 7.31. The summed E-state index contributed by atoms with van der Waals surface area (Å²) in [6.45, 7) is 10.5. The van der Waals surface area contributed by atoms with E-state index in [4.69, 9.17) is 0 Å². The molecule has 0 aromatic rings. The van der Waals surface area contributed by atoms with Crippen LogP contribution in [-0.2, 0) is 0 Å². The van der Waals surface area contributed by atoms with E-state index < -0.39 is 0 Å². The molecule has 100 valence electrons. The lowest BCUT2D eigenvalue weighted by atomic mass is 9.91. The summed E-state index contributed by atoms with van der Waals surface area (Å²) in [5.74, 6) is 0.766. The van der Waals surface area contributed by atoms with Crippen molar-refractivity contribution in [3.63, 3.8) is 0 Å². The van der Waals surface area contributed by atoms with E-state index in [0.29, 0.717) is 6.04 Å². The van der Waals surface area contributed by atoms with Crippen LogP contribution in [0.5, 0.6) is 0 Å². The molecule has 0 aromatic carbocycles. The quantitative estimate of drug-likeness (QED) is 0.811. The van der Waals surface area contributed by atoms with Gasteiger partial charge >= 0.3 is 0 Å². The second-order valence-corrected chi connectivity index (χ2v) is 6.15. The van der Waals surface area contributed by atoms with Crippen LogP contribution in [0.4, 0.5) is 0 Å². The minimum Gasteiger partial charge on any atom is -0.391 e. The molecule has 0 amide bonds. The molecule has 1 heterocycles. The van der Waals surface area contributed by atoms with E-state index in [-0.39, 0.29) is 6.10 Å². The van der Waals surface area contributed by atoms with Crippen molar-refractivity contribution in [2.24, 2.45) is 5.92 Å². The molecular formula is C14H28N2O. The van der Waals surface area contributed by atoms with Crippen LogP contribution in [0.25, 0.3) is 0 Å². The number of aliphatic hydroxyl groups excluding tert-OH is 1. The molecule has 0 spiro atoms. The van der Waals surface area contributed by atoms with Crippen LogP contribution >= 0.6 is 0 Å². The van der Waals surface area contributed by atoms with Crippen LogP contribution in [0.1, 0.15) is 39.5 Å². The third-order valence-electron chi connectivity index (χ3n) is 4.19. The summed E-state index contributed by atoms with van der Waals surface area (Å²) in [6, 6.07) is 0.449. The van der Waals surface area contributed by atoms with Gasteiger partial charge in [0.1, 0.15) is 0 Å². The molecule has 2 rings (SSSR count). The van der Waals surface area contributed by atoms with Gasteiger partial charge in [-0.05, 0) is 18.8 Å². The minimum atomic E-state index is -0.0691. The average Bonchev–Trinajstić information content (AvgIpc) is 2.30. The molecule has 0 radical (unpaired) electrons. The maximum atomic E-state index is 10.1. The summed E-state index contributed by atoms with van der Waals surface area (Å²) in [5, 5.41) is 10.1. The largest absolute Gasteiger partial charge is 0.391 e. The molecule has 17 heavy (non-hydrogen) atoms. The zero-order valence-electron chi connectivity index (χ0n) is 11.4. The Kier molecular flexibility index (Phi) is 4.83. The highest BCUT2D eigenvalue weighted by Crippen LogP contribution is 2.24. The lowest BCUT2D eigenvalue weighted by molar-refractivity contribution is -0.00497. The summed E-state index contributed by atoms with van der Waals surface area (Å²) in [6.07, 6.45) is 4.65. The Balaban J connectivity index is 1.78. The van der Waals surface area contributed by atoms with Crippen LogP contribution < -0.4 is 0 Å². The summed E-state index contributed by atoms with van der Waals surface area (Å²) < 4.78 is 0. The van der Waals surface area contributed by atoms with Crippen LogP contribution in [0.15, 0.2) is 0 Å². The fraction of sp³-hybridized carbons (Fsp3) is 1.00. The summed E-state index contributed by atoms with van der Waals surface area (Å²) in [5.41, 5.74) is 0. The topological polar surface area (TPSA) is 26.7 Å². The number of aliphatic hydroxyl groups is 1. The van der Waals surface area contributed by atoms with Crippen molar-refractivity contribution in [2.75, 3.05) is 32.7 Å². The first-order chi connectivity index (χ1) is 8.16. The van der Waals surface area contributed by atoms with E-state index in [9.17, 15) is 5.11 Å². The van der Waals surface area contributed by atoms with E-state index in [1.54, 1.807) is 0 Å². The third-order valence-corrected chi connectivity index (χ3v) is 4.19. The number of rotatable bonds is 3. The molecule has 2 aliphatic rings. The molecule has 0 bridgehead atoms. The van der Waals surface area contributed by atoms with Crippen molar-refractivity contribution in [3.8, 4) is 0 Å². The van der Waals surface area contributed by atoms with E-state index in [1.807, 2.05) is 0 Å². The van der Waals surface area contributed by atoms with E-state index >= 15 is 0 Å². The molecule has 2 fully saturated rings. The predicted octanol–water partition coefficient (Wildman–Crippen LogP) is 1.56. The maximum absolute atomic E-state index is 10.1. The van der Waals surface area contributed by atoms with Crippen molar-refractivity contribution < 1.29 is 5.11 Å². The van der Waals surface area contributed by atoms with Gasteiger partial charge in [0.05, 0.1) is 6.10 Å². The number of piperazine rings is 1. The zero-order valence-corrected chi connectivity index (χ0v) is 11.4. The van der Waals surface area contributed by atoms with Crippen molar-refractivity contribution in [1.29, 1.82) is 0 Å². The smallest absolute Gasteiger partial charge is 0.0695 e. The lowest BCUT2D eigenvalue weighted by Crippen LogP contribution is -2.54. The molecular weight excluding hydrogens is 212 g/mol. The first-order valence-electron chi connectivity index (χ1n) is 7.31. The Morgan fingerprint density at radius 1 is 1.06 bits per heavy atom. The molecule has 1 N–H and O–H groups in total. The Morgan fingerprint density at radius 3 is 2.29 bits per heavy atom. The van der Waals surface area contributed by atoms with Crippen LogP contribution in [0, 0.1) is 5.92 Å².